The van der Waals surface area contributed by atoms with Gasteiger partial charge in [-0.25, -0.2) is 9.82 Å². The molecule has 0 aromatic heterocycles. The zero-order chi connectivity index (χ0) is 20.4. The van der Waals surface area contributed by atoms with Gasteiger partial charge in [0.05, 0.1) is 13.2 Å². The van der Waals surface area contributed by atoms with Crippen LogP contribution >= 0.6 is 0 Å². The number of amides is 2. The number of methoxy groups -OCH3 is 1. The van der Waals surface area contributed by atoms with Gasteiger partial charge >= 0.3 is 0 Å². The fraction of sp³-hybridized carbons (Fsp3) is 0.238. The van der Waals surface area contributed by atoms with Crippen LogP contribution in [0.2, 0.25) is 0 Å². The average Bonchev–Trinajstić information content (AvgIpc) is 3.15. The molecule has 0 spiro atoms. The molecule has 2 N–H and O–H groups in total. The van der Waals surface area contributed by atoms with E-state index in [0.717, 1.165) is 11.3 Å². The zero-order valence-corrected chi connectivity index (χ0v) is 15.8. The third kappa shape index (κ3) is 4.07. The first kappa shape index (κ1) is 18.9. The van der Waals surface area contributed by atoms with Gasteiger partial charge in [0, 0.05) is 18.1 Å². The maximum absolute atomic E-state index is 13.3. The van der Waals surface area contributed by atoms with Crippen LogP contribution in [0.5, 0.6) is 5.75 Å². The zero-order valence-electron chi connectivity index (χ0n) is 15.8. The topological polar surface area (TPSA) is 73.9 Å². The molecule has 2 atom stereocenters. The lowest BCUT2D eigenvalue weighted by Crippen LogP contribution is -2.49. The Kier molecular flexibility index (Phi) is 5.18. The molecule has 7 nitrogen and oxygen atoms in total. The summed E-state index contributed by atoms with van der Waals surface area (Å²) < 4.78 is 18.4. The first-order valence-corrected chi connectivity index (χ1v) is 9.26. The van der Waals surface area contributed by atoms with Gasteiger partial charge in [0.1, 0.15) is 24.2 Å². The Morgan fingerprint density at radius 1 is 1.24 bits per heavy atom. The number of ether oxygens (including phenoxy) is 1. The van der Waals surface area contributed by atoms with E-state index in [1.807, 2.05) is 24.3 Å². The van der Waals surface area contributed by atoms with Gasteiger partial charge in [-0.2, -0.15) is 0 Å². The number of rotatable bonds is 5. The maximum Gasteiger partial charge on any atom is 0.251 e. The van der Waals surface area contributed by atoms with E-state index in [1.165, 1.54) is 23.1 Å². The van der Waals surface area contributed by atoms with E-state index >= 15 is 0 Å². The molecule has 4 rings (SSSR count). The monoisotopic (exact) mass is 396 g/mol. The molecule has 8 heteroatoms. The van der Waals surface area contributed by atoms with Crippen LogP contribution in [0, 0.1) is 5.82 Å². The number of fused-ring (bicyclic) bond motifs is 1. The van der Waals surface area contributed by atoms with Gasteiger partial charge in [-0.05, 0) is 42.3 Å². The molecule has 2 amide bonds. The van der Waals surface area contributed by atoms with Crippen LogP contribution in [0.25, 0.3) is 0 Å². The first-order chi connectivity index (χ1) is 14.0. The highest BCUT2D eigenvalue weighted by Crippen LogP contribution is 2.31. The van der Waals surface area contributed by atoms with E-state index in [-0.39, 0.29) is 24.4 Å². The Bertz CT molecular complexity index is 947. The molecule has 0 bridgehead atoms. The van der Waals surface area contributed by atoms with Crippen LogP contribution < -0.4 is 15.5 Å². The van der Waals surface area contributed by atoms with Crippen molar-refractivity contribution in [2.24, 2.45) is 0 Å². The van der Waals surface area contributed by atoms with Crippen LogP contribution in [0.4, 0.5) is 10.1 Å². The van der Waals surface area contributed by atoms with Gasteiger partial charge < -0.3 is 20.0 Å². The Hall–Kier alpha value is -3.39. The van der Waals surface area contributed by atoms with Gasteiger partial charge in [-0.1, -0.05) is 18.2 Å². The quantitative estimate of drug-likeness (QED) is 0.812. The number of hydrazine groups is 1. The van der Waals surface area contributed by atoms with Gasteiger partial charge in [0.2, 0.25) is 5.91 Å². The SMILES string of the molecule is COc1ccc(C2CC3C(=O)N(CC(=O)Nc4cccc(F)c4)C=CN3N2)cc1. The van der Waals surface area contributed by atoms with Crippen molar-refractivity contribution in [2.75, 3.05) is 19.0 Å². The third-order valence-corrected chi connectivity index (χ3v) is 5.02. The summed E-state index contributed by atoms with van der Waals surface area (Å²) >= 11 is 0. The molecular weight excluding hydrogens is 375 g/mol. The van der Waals surface area contributed by atoms with E-state index in [4.69, 9.17) is 4.74 Å². The summed E-state index contributed by atoms with van der Waals surface area (Å²) in [5.41, 5.74) is 4.72. The average molecular weight is 396 g/mol. The number of hydrogen-bond donors (Lipinski definition) is 2. The predicted octanol–water partition coefficient (Wildman–Crippen LogP) is 2.41. The minimum atomic E-state index is -0.436. The van der Waals surface area contributed by atoms with Gasteiger partial charge in [0.15, 0.2) is 0 Å². The first-order valence-electron chi connectivity index (χ1n) is 9.26. The van der Waals surface area contributed by atoms with E-state index in [2.05, 4.69) is 10.7 Å². The molecule has 0 aliphatic carbocycles. The lowest BCUT2D eigenvalue weighted by atomic mass is 10.0. The molecule has 2 aromatic carbocycles. The second-order valence-electron chi connectivity index (χ2n) is 6.94. The second kappa shape index (κ2) is 7.92. The van der Waals surface area contributed by atoms with Crippen LogP contribution in [-0.2, 0) is 9.59 Å². The molecule has 2 aromatic rings. The number of carbonyl (C=O) groups excluding carboxylic acids is 2. The molecule has 1 fully saturated rings. The van der Waals surface area contributed by atoms with E-state index in [1.54, 1.807) is 30.6 Å². The summed E-state index contributed by atoms with van der Waals surface area (Å²) in [6.45, 7) is -0.136. The van der Waals surface area contributed by atoms with E-state index < -0.39 is 11.9 Å². The Labute approximate surface area is 167 Å². The van der Waals surface area contributed by atoms with Crippen molar-refractivity contribution in [2.45, 2.75) is 18.5 Å². The second-order valence-corrected chi connectivity index (χ2v) is 6.94. The summed E-state index contributed by atoms with van der Waals surface area (Å²) in [6.07, 6.45) is 3.91. The highest BCUT2D eigenvalue weighted by molar-refractivity contribution is 5.96. The smallest absolute Gasteiger partial charge is 0.251 e. The fourth-order valence-electron chi connectivity index (χ4n) is 3.54. The molecule has 0 saturated carbocycles. The standard InChI is InChI=1S/C21H21FN4O3/c1-29-17-7-5-14(6-8-17)18-12-19-21(28)25(9-10-26(19)24-18)13-20(27)23-16-4-2-3-15(22)11-16/h2-11,18-19,24H,12-13H2,1H3,(H,23,27). The van der Waals surface area contributed by atoms with Gasteiger partial charge in [-0.3, -0.25) is 9.59 Å². The van der Waals surface area contributed by atoms with Crippen molar-refractivity contribution in [3.63, 3.8) is 0 Å². The number of carbonyl (C=O) groups is 2. The van der Waals surface area contributed by atoms with Crippen molar-refractivity contribution in [1.29, 1.82) is 0 Å². The molecule has 2 heterocycles. The van der Waals surface area contributed by atoms with Crippen molar-refractivity contribution in [3.05, 3.63) is 72.3 Å². The minimum absolute atomic E-state index is 0.0134. The van der Waals surface area contributed by atoms with Crippen molar-refractivity contribution < 1.29 is 18.7 Å². The fourth-order valence-corrected chi connectivity index (χ4v) is 3.54. The summed E-state index contributed by atoms with van der Waals surface area (Å²) in [5, 5.41) is 4.38. The molecule has 150 valence electrons. The number of halogens is 1. The predicted molar refractivity (Wildman–Crippen MR) is 105 cm³/mol. The maximum atomic E-state index is 13.3. The molecule has 0 radical (unpaired) electrons. The Morgan fingerprint density at radius 3 is 2.76 bits per heavy atom. The Balaban J connectivity index is 1.39. The van der Waals surface area contributed by atoms with Crippen molar-refractivity contribution >= 4 is 17.5 Å². The summed E-state index contributed by atoms with van der Waals surface area (Å²) in [6, 6.07) is 12.9. The highest BCUT2D eigenvalue weighted by atomic mass is 19.1. The number of nitrogens with zero attached hydrogens (tertiary/aromatic N) is 2. The molecule has 2 aliphatic heterocycles. The summed E-state index contributed by atoms with van der Waals surface area (Å²) in [7, 11) is 1.62. The van der Waals surface area contributed by atoms with Crippen LogP contribution in [0.1, 0.15) is 18.0 Å². The van der Waals surface area contributed by atoms with E-state index in [9.17, 15) is 14.0 Å². The number of hydrogen-bond acceptors (Lipinski definition) is 5. The minimum Gasteiger partial charge on any atom is -0.497 e. The third-order valence-electron chi connectivity index (χ3n) is 5.02. The molecular formula is C21H21FN4O3. The lowest BCUT2D eigenvalue weighted by molar-refractivity contribution is -0.137. The molecule has 2 unspecified atom stereocenters. The molecule has 1 saturated heterocycles. The van der Waals surface area contributed by atoms with E-state index in [0.29, 0.717) is 12.1 Å². The molecule has 29 heavy (non-hydrogen) atoms. The summed E-state index contributed by atoms with van der Waals surface area (Å²) in [5.74, 6) is -0.213. The normalized spacial score (nSPS) is 20.6. The number of anilines is 1. The van der Waals surface area contributed by atoms with Gasteiger partial charge in [-0.15, -0.1) is 0 Å². The van der Waals surface area contributed by atoms with Gasteiger partial charge in [0.25, 0.3) is 5.91 Å². The van der Waals surface area contributed by atoms with Crippen LogP contribution in [0.3, 0.4) is 0 Å². The Morgan fingerprint density at radius 2 is 2.03 bits per heavy atom. The van der Waals surface area contributed by atoms with Crippen molar-refractivity contribution in [1.82, 2.24) is 15.3 Å². The number of nitrogens with one attached hydrogen (secondary N) is 2. The number of benzene rings is 2. The molecule has 2 aliphatic rings. The lowest BCUT2D eigenvalue weighted by Gasteiger charge is -2.31. The van der Waals surface area contributed by atoms with Crippen molar-refractivity contribution in [3.8, 4) is 5.75 Å². The largest absolute Gasteiger partial charge is 0.497 e. The van der Waals surface area contributed by atoms with Crippen LogP contribution in [0.15, 0.2) is 60.9 Å². The summed E-state index contributed by atoms with van der Waals surface area (Å²) in [4.78, 5) is 26.5. The van der Waals surface area contributed by atoms with Crippen LogP contribution in [-0.4, -0.2) is 41.4 Å². The highest BCUT2D eigenvalue weighted by Gasteiger charge is 2.40.